The highest BCUT2D eigenvalue weighted by Crippen LogP contribution is 2.21. The molecule has 1 aliphatic heterocycles. The van der Waals surface area contributed by atoms with E-state index in [0.717, 1.165) is 19.4 Å². The Balaban J connectivity index is 1.98. The van der Waals surface area contributed by atoms with Crippen LogP contribution in [0.1, 0.15) is 12.8 Å². The topological polar surface area (TPSA) is 103 Å². The third-order valence-corrected chi connectivity index (χ3v) is 5.49. The Bertz CT molecular complexity index is 668. The average molecular weight is 372 g/mol. The molecule has 1 heterocycles. The van der Waals surface area contributed by atoms with Crippen LogP contribution in [0.4, 0.5) is 0 Å². The Hall–Kier alpha value is -1.68. The second-order valence-corrected chi connectivity index (χ2v) is 7.67. The van der Waals surface area contributed by atoms with Crippen LogP contribution in [0.15, 0.2) is 29.2 Å². The highest BCUT2D eigenvalue weighted by Gasteiger charge is 2.34. The van der Waals surface area contributed by atoms with E-state index in [1.54, 1.807) is 7.11 Å². The minimum absolute atomic E-state index is 0.128. The van der Waals surface area contributed by atoms with Gasteiger partial charge in [-0.15, -0.1) is 0 Å². The summed E-state index contributed by atoms with van der Waals surface area (Å²) in [6.45, 7) is 1.31. The molecule has 1 atom stereocenters. The molecule has 0 radical (unpaired) electrons. The number of methoxy groups -OCH3 is 2. The number of sulfonamides is 1. The Kier molecular flexibility index (Phi) is 6.77. The molecule has 0 aliphatic carbocycles. The highest BCUT2D eigenvalue weighted by molar-refractivity contribution is 7.89. The van der Waals surface area contributed by atoms with Crippen molar-refractivity contribution in [3.05, 3.63) is 24.3 Å². The minimum atomic E-state index is -3.65. The molecule has 0 spiro atoms. The largest absolute Gasteiger partial charge is 0.482 e. The van der Waals surface area contributed by atoms with Gasteiger partial charge in [-0.05, 0) is 43.7 Å². The first-order chi connectivity index (χ1) is 11.9. The summed E-state index contributed by atoms with van der Waals surface area (Å²) in [5, 5.41) is 3.32. The van der Waals surface area contributed by atoms with Crippen LogP contribution in [0.25, 0.3) is 0 Å². The quantitative estimate of drug-likeness (QED) is 0.600. The van der Waals surface area contributed by atoms with Gasteiger partial charge in [0.1, 0.15) is 5.75 Å². The van der Waals surface area contributed by atoms with Crippen molar-refractivity contribution in [3.63, 3.8) is 0 Å². The van der Waals surface area contributed by atoms with Crippen LogP contribution in [0.2, 0.25) is 0 Å². The zero-order valence-corrected chi connectivity index (χ0v) is 15.2. The molecule has 0 bridgehead atoms. The molecule has 0 saturated carbocycles. The molecular formula is C16H24N2O6S. The molecular weight excluding hydrogens is 348 g/mol. The molecule has 140 valence electrons. The zero-order chi connectivity index (χ0) is 18.3. The van der Waals surface area contributed by atoms with Gasteiger partial charge in [-0.1, -0.05) is 0 Å². The second-order valence-electron chi connectivity index (χ2n) is 5.90. The third kappa shape index (κ3) is 5.40. The standard InChI is InChI=1S/C16H24N2O6S/c1-22-12-16(8-3-9-17-16)11-18-25(20,21)14-6-4-13(5-7-14)24-10-15(19)23-2/h4-7,17-18H,3,8-12H2,1-2H3. The van der Waals surface area contributed by atoms with Gasteiger partial charge in [0.15, 0.2) is 6.61 Å². The first-order valence-electron chi connectivity index (χ1n) is 7.94. The monoisotopic (exact) mass is 372 g/mol. The summed E-state index contributed by atoms with van der Waals surface area (Å²) in [7, 11) is -0.783. The summed E-state index contributed by atoms with van der Waals surface area (Å²) in [6, 6.07) is 5.85. The fraction of sp³-hybridized carbons (Fsp3) is 0.562. The van der Waals surface area contributed by atoms with Crippen molar-refractivity contribution in [3.8, 4) is 5.75 Å². The number of carbonyl (C=O) groups excluding carboxylic acids is 1. The summed E-state index contributed by atoms with van der Waals surface area (Å²) in [6.07, 6.45) is 1.83. The van der Waals surface area contributed by atoms with E-state index in [2.05, 4.69) is 14.8 Å². The summed E-state index contributed by atoms with van der Waals surface area (Å²) >= 11 is 0. The van der Waals surface area contributed by atoms with Gasteiger partial charge in [0.2, 0.25) is 10.0 Å². The fourth-order valence-electron chi connectivity index (χ4n) is 2.70. The number of hydrogen-bond donors (Lipinski definition) is 2. The van der Waals surface area contributed by atoms with Crippen molar-refractivity contribution in [2.75, 3.05) is 40.5 Å². The van der Waals surface area contributed by atoms with Gasteiger partial charge in [0, 0.05) is 13.7 Å². The lowest BCUT2D eigenvalue weighted by atomic mass is 9.99. The van der Waals surface area contributed by atoms with E-state index in [1.807, 2.05) is 0 Å². The first kappa shape index (κ1) is 19.6. The molecule has 1 aromatic rings. The summed E-state index contributed by atoms with van der Waals surface area (Å²) in [5.74, 6) is -0.122. The van der Waals surface area contributed by atoms with Crippen molar-refractivity contribution >= 4 is 16.0 Å². The predicted octanol–water partition coefficient (Wildman–Crippen LogP) is 0.285. The number of ether oxygens (including phenoxy) is 3. The van der Waals surface area contributed by atoms with Crippen molar-refractivity contribution in [1.82, 2.24) is 10.0 Å². The molecule has 0 aromatic heterocycles. The summed E-state index contributed by atoms with van der Waals surface area (Å²) < 4.78 is 42.5. The van der Waals surface area contributed by atoms with E-state index in [-0.39, 0.29) is 23.6 Å². The number of nitrogens with one attached hydrogen (secondary N) is 2. The maximum atomic E-state index is 12.5. The lowest BCUT2D eigenvalue weighted by Gasteiger charge is -2.28. The molecule has 9 heteroatoms. The number of carbonyl (C=O) groups is 1. The lowest BCUT2D eigenvalue weighted by Crippen LogP contribution is -2.52. The normalized spacial score (nSPS) is 20.4. The molecule has 1 aliphatic rings. The van der Waals surface area contributed by atoms with Crippen LogP contribution in [0, 0.1) is 0 Å². The number of esters is 1. The fourth-order valence-corrected chi connectivity index (χ4v) is 3.83. The van der Waals surface area contributed by atoms with Crippen molar-refractivity contribution in [2.45, 2.75) is 23.3 Å². The van der Waals surface area contributed by atoms with Crippen molar-refractivity contribution in [2.24, 2.45) is 0 Å². The lowest BCUT2D eigenvalue weighted by molar-refractivity contribution is -0.142. The van der Waals surface area contributed by atoms with Crippen LogP contribution < -0.4 is 14.8 Å². The van der Waals surface area contributed by atoms with Crippen LogP contribution in [0.5, 0.6) is 5.75 Å². The van der Waals surface area contributed by atoms with Crippen LogP contribution in [0.3, 0.4) is 0 Å². The van der Waals surface area contributed by atoms with Gasteiger partial charge in [0.05, 0.1) is 24.2 Å². The van der Waals surface area contributed by atoms with E-state index in [1.165, 1.54) is 31.4 Å². The molecule has 1 saturated heterocycles. The maximum absolute atomic E-state index is 12.5. The molecule has 1 fully saturated rings. The van der Waals surface area contributed by atoms with Gasteiger partial charge < -0.3 is 19.5 Å². The second kappa shape index (κ2) is 8.61. The van der Waals surface area contributed by atoms with E-state index in [4.69, 9.17) is 9.47 Å². The van der Waals surface area contributed by atoms with Gasteiger partial charge in [-0.25, -0.2) is 17.9 Å². The smallest absolute Gasteiger partial charge is 0.343 e. The first-order valence-corrected chi connectivity index (χ1v) is 9.42. The Labute approximate surface area is 147 Å². The Morgan fingerprint density at radius 2 is 2.00 bits per heavy atom. The maximum Gasteiger partial charge on any atom is 0.343 e. The van der Waals surface area contributed by atoms with E-state index in [0.29, 0.717) is 12.4 Å². The predicted molar refractivity (Wildman–Crippen MR) is 91.0 cm³/mol. The SMILES string of the molecule is COCC1(CNS(=O)(=O)c2ccc(OCC(=O)OC)cc2)CCCN1. The number of benzene rings is 1. The average Bonchev–Trinajstić information content (AvgIpc) is 3.08. The molecule has 1 unspecified atom stereocenters. The van der Waals surface area contributed by atoms with Crippen LogP contribution in [-0.2, 0) is 24.3 Å². The van der Waals surface area contributed by atoms with E-state index < -0.39 is 16.0 Å². The highest BCUT2D eigenvalue weighted by atomic mass is 32.2. The van der Waals surface area contributed by atoms with Gasteiger partial charge >= 0.3 is 5.97 Å². The Morgan fingerprint density at radius 3 is 2.56 bits per heavy atom. The Morgan fingerprint density at radius 1 is 1.28 bits per heavy atom. The van der Waals surface area contributed by atoms with E-state index >= 15 is 0 Å². The molecule has 2 rings (SSSR count). The van der Waals surface area contributed by atoms with Gasteiger partial charge in [-0.3, -0.25) is 0 Å². The van der Waals surface area contributed by atoms with E-state index in [9.17, 15) is 13.2 Å². The minimum Gasteiger partial charge on any atom is -0.482 e. The third-order valence-electron chi connectivity index (χ3n) is 4.07. The van der Waals surface area contributed by atoms with Crippen LogP contribution in [-0.4, -0.2) is 60.4 Å². The molecule has 8 nitrogen and oxygen atoms in total. The number of rotatable bonds is 9. The number of hydrogen-bond acceptors (Lipinski definition) is 7. The summed E-state index contributed by atoms with van der Waals surface area (Å²) in [5.41, 5.74) is -0.370. The summed E-state index contributed by atoms with van der Waals surface area (Å²) in [4.78, 5) is 11.2. The van der Waals surface area contributed by atoms with Gasteiger partial charge in [0.25, 0.3) is 0 Å². The van der Waals surface area contributed by atoms with Crippen molar-refractivity contribution in [1.29, 1.82) is 0 Å². The van der Waals surface area contributed by atoms with Gasteiger partial charge in [-0.2, -0.15) is 0 Å². The van der Waals surface area contributed by atoms with Crippen molar-refractivity contribution < 1.29 is 27.4 Å². The zero-order valence-electron chi connectivity index (χ0n) is 14.4. The molecule has 0 amide bonds. The molecule has 25 heavy (non-hydrogen) atoms. The molecule has 2 N–H and O–H groups in total. The molecule has 1 aromatic carbocycles. The van der Waals surface area contributed by atoms with Crippen LogP contribution >= 0.6 is 0 Å².